The van der Waals surface area contributed by atoms with E-state index in [0.717, 1.165) is 0 Å². The molecule has 2 unspecified atom stereocenters. The summed E-state index contributed by atoms with van der Waals surface area (Å²) < 4.78 is 32.8. The quantitative estimate of drug-likeness (QED) is 0.728. The van der Waals surface area contributed by atoms with Crippen molar-refractivity contribution < 1.29 is 13.2 Å². The van der Waals surface area contributed by atoms with Gasteiger partial charge in [-0.1, -0.05) is 6.92 Å². The van der Waals surface area contributed by atoms with Crippen LogP contribution in [-0.4, -0.2) is 44.6 Å². The minimum absolute atomic E-state index is 0.0946. The fourth-order valence-corrected chi connectivity index (χ4v) is 3.30. The molecule has 0 aromatic carbocycles. The Morgan fingerprint density at radius 1 is 1.36 bits per heavy atom. The van der Waals surface area contributed by atoms with E-state index in [0.29, 0.717) is 19.8 Å². The summed E-state index contributed by atoms with van der Waals surface area (Å²) in [6.45, 7) is 6.82. The van der Waals surface area contributed by atoms with Gasteiger partial charge < -0.3 is 4.74 Å². The summed E-state index contributed by atoms with van der Waals surface area (Å²) in [5, 5.41) is 0. The van der Waals surface area contributed by atoms with E-state index < -0.39 is 10.2 Å². The van der Waals surface area contributed by atoms with Gasteiger partial charge in [0.15, 0.2) is 0 Å². The van der Waals surface area contributed by atoms with Gasteiger partial charge in [-0.05, 0) is 13.8 Å². The van der Waals surface area contributed by atoms with Gasteiger partial charge in [-0.3, -0.25) is 0 Å². The molecular weight excluding hydrogens is 204 g/mol. The number of nitrogens with zero attached hydrogens (tertiary/aromatic N) is 1. The fraction of sp³-hybridized carbons (Fsp3) is 1.00. The van der Waals surface area contributed by atoms with Crippen LogP contribution in [0.4, 0.5) is 0 Å². The van der Waals surface area contributed by atoms with Crippen LogP contribution in [0.3, 0.4) is 0 Å². The summed E-state index contributed by atoms with van der Waals surface area (Å²) in [5.74, 6) is 0. The predicted molar refractivity (Wildman–Crippen MR) is 54.2 cm³/mol. The van der Waals surface area contributed by atoms with Crippen LogP contribution in [0.5, 0.6) is 0 Å². The molecule has 2 atom stereocenters. The second kappa shape index (κ2) is 4.57. The number of ether oxygens (including phenoxy) is 1. The van der Waals surface area contributed by atoms with E-state index in [1.165, 1.54) is 4.31 Å². The van der Waals surface area contributed by atoms with Gasteiger partial charge >= 0.3 is 0 Å². The first kappa shape index (κ1) is 11.9. The van der Waals surface area contributed by atoms with E-state index in [1.807, 2.05) is 13.8 Å². The summed E-state index contributed by atoms with van der Waals surface area (Å²) in [7, 11) is -3.33. The first-order chi connectivity index (χ1) is 6.49. The smallest absolute Gasteiger partial charge is 0.280 e. The monoisotopic (exact) mass is 222 g/mol. The van der Waals surface area contributed by atoms with Gasteiger partial charge in [0.1, 0.15) is 0 Å². The maximum atomic E-state index is 11.8. The molecule has 0 radical (unpaired) electrons. The number of hydrogen-bond acceptors (Lipinski definition) is 3. The van der Waals surface area contributed by atoms with Gasteiger partial charge in [0.25, 0.3) is 10.2 Å². The molecule has 0 aliphatic carbocycles. The van der Waals surface area contributed by atoms with Gasteiger partial charge in [0.05, 0.1) is 13.2 Å². The lowest BCUT2D eigenvalue weighted by Crippen LogP contribution is -2.55. The first-order valence-electron chi connectivity index (χ1n) is 4.85. The molecule has 6 heteroatoms. The zero-order valence-corrected chi connectivity index (χ0v) is 9.67. The van der Waals surface area contributed by atoms with Crippen molar-refractivity contribution in [2.45, 2.75) is 32.9 Å². The molecule has 1 fully saturated rings. The van der Waals surface area contributed by atoms with E-state index in [1.54, 1.807) is 6.92 Å². The molecule has 0 saturated carbocycles. The summed E-state index contributed by atoms with van der Waals surface area (Å²) >= 11 is 0. The Kier molecular flexibility index (Phi) is 3.88. The Hall–Kier alpha value is -0.170. The van der Waals surface area contributed by atoms with Crippen LogP contribution in [0.1, 0.15) is 20.8 Å². The number of nitrogens with one attached hydrogen (secondary N) is 1. The molecule has 1 N–H and O–H groups in total. The highest BCUT2D eigenvalue weighted by molar-refractivity contribution is 7.87. The Bertz CT molecular complexity index is 268. The minimum Gasteiger partial charge on any atom is -0.378 e. The fourth-order valence-electron chi connectivity index (χ4n) is 1.72. The largest absolute Gasteiger partial charge is 0.378 e. The van der Waals surface area contributed by atoms with Crippen molar-refractivity contribution in [3.8, 4) is 0 Å². The van der Waals surface area contributed by atoms with Crippen LogP contribution in [0.15, 0.2) is 0 Å². The number of rotatable bonds is 3. The van der Waals surface area contributed by atoms with Crippen LogP contribution >= 0.6 is 0 Å². The first-order valence-corrected chi connectivity index (χ1v) is 6.29. The van der Waals surface area contributed by atoms with Crippen LogP contribution in [0, 0.1) is 0 Å². The normalized spacial score (nSPS) is 30.5. The van der Waals surface area contributed by atoms with Crippen molar-refractivity contribution in [2.24, 2.45) is 0 Å². The second-order valence-corrected chi connectivity index (χ2v) is 5.23. The van der Waals surface area contributed by atoms with Crippen LogP contribution in [-0.2, 0) is 14.9 Å². The summed E-state index contributed by atoms with van der Waals surface area (Å²) in [5.41, 5.74) is 0. The van der Waals surface area contributed by atoms with Crippen molar-refractivity contribution in [2.75, 3.05) is 19.8 Å². The molecule has 0 amide bonds. The molecule has 1 heterocycles. The Morgan fingerprint density at radius 3 is 2.29 bits per heavy atom. The standard InChI is InChI=1S/C8H18N2O3S/c1-4-9-14(11,12)10-7(2)5-13-6-8(10)3/h7-9H,4-6H2,1-3H3. The third kappa shape index (κ3) is 2.44. The molecule has 84 valence electrons. The van der Waals surface area contributed by atoms with E-state index in [9.17, 15) is 8.42 Å². The van der Waals surface area contributed by atoms with Crippen molar-refractivity contribution in [1.82, 2.24) is 9.03 Å². The number of hydrogen-bond donors (Lipinski definition) is 1. The summed E-state index contributed by atoms with van der Waals surface area (Å²) in [4.78, 5) is 0. The Balaban J connectivity index is 2.82. The van der Waals surface area contributed by atoms with Crippen LogP contribution < -0.4 is 4.72 Å². The highest BCUT2D eigenvalue weighted by atomic mass is 32.2. The second-order valence-electron chi connectivity index (χ2n) is 3.57. The van der Waals surface area contributed by atoms with Gasteiger partial charge in [-0.25, -0.2) is 4.72 Å². The Morgan fingerprint density at radius 2 is 1.86 bits per heavy atom. The highest BCUT2D eigenvalue weighted by Gasteiger charge is 2.34. The highest BCUT2D eigenvalue weighted by Crippen LogP contribution is 2.16. The van der Waals surface area contributed by atoms with Crippen molar-refractivity contribution in [3.05, 3.63) is 0 Å². The third-order valence-corrected chi connectivity index (χ3v) is 4.12. The lowest BCUT2D eigenvalue weighted by atomic mass is 10.2. The summed E-state index contributed by atoms with van der Waals surface area (Å²) in [6, 6.07) is -0.189. The van der Waals surface area contributed by atoms with Gasteiger partial charge in [-0.2, -0.15) is 12.7 Å². The van der Waals surface area contributed by atoms with E-state index >= 15 is 0 Å². The summed E-state index contributed by atoms with van der Waals surface area (Å²) in [6.07, 6.45) is 0. The average Bonchev–Trinajstić information content (AvgIpc) is 2.02. The van der Waals surface area contributed by atoms with Gasteiger partial charge in [0, 0.05) is 18.6 Å². The maximum Gasteiger partial charge on any atom is 0.280 e. The average molecular weight is 222 g/mol. The van der Waals surface area contributed by atoms with Gasteiger partial charge in [0.2, 0.25) is 0 Å². The molecule has 0 aromatic heterocycles. The minimum atomic E-state index is -3.33. The van der Waals surface area contributed by atoms with E-state index in [-0.39, 0.29) is 12.1 Å². The molecule has 1 saturated heterocycles. The van der Waals surface area contributed by atoms with E-state index in [2.05, 4.69) is 4.72 Å². The topological polar surface area (TPSA) is 58.6 Å². The molecule has 0 aromatic rings. The molecular formula is C8H18N2O3S. The molecule has 1 aliphatic heterocycles. The lowest BCUT2D eigenvalue weighted by molar-refractivity contribution is 0.00580. The molecule has 0 bridgehead atoms. The lowest BCUT2D eigenvalue weighted by Gasteiger charge is -2.37. The molecule has 14 heavy (non-hydrogen) atoms. The van der Waals surface area contributed by atoms with Crippen LogP contribution in [0.2, 0.25) is 0 Å². The van der Waals surface area contributed by atoms with Crippen molar-refractivity contribution >= 4 is 10.2 Å². The zero-order valence-electron chi connectivity index (χ0n) is 8.86. The van der Waals surface area contributed by atoms with Crippen LogP contribution in [0.25, 0.3) is 0 Å². The van der Waals surface area contributed by atoms with E-state index in [4.69, 9.17) is 4.74 Å². The van der Waals surface area contributed by atoms with Crippen molar-refractivity contribution in [3.63, 3.8) is 0 Å². The molecule has 1 rings (SSSR count). The van der Waals surface area contributed by atoms with Gasteiger partial charge in [-0.15, -0.1) is 0 Å². The molecule has 0 spiro atoms. The number of morpholine rings is 1. The SMILES string of the molecule is CCNS(=O)(=O)N1C(C)COCC1C. The predicted octanol–water partition coefficient (Wildman–Crippen LogP) is -0.0501. The third-order valence-electron chi connectivity index (χ3n) is 2.19. The molecule has 5 nitrogen and oxygen atoms in total. The maximum absolute atomic E-state index is 11.8. The zero-order chi connectivity index (χ0) is 10.8. The van der Waals surface area contributed by atoms with Crippen molar-refractivity contribution in [1.29, 1.82) is 0 Å². The Labute approximate surface area is 85.6 Å². The molecule has 1 aliphatic rings.